The summed E-state index contributed by atoms with van der Waals surface area (Å²) in [5.74, 6) is 0.835. The van der Waals surface area contributed by atoms with Crippen molar-refractivity contribution in [1.82, 2.24) is 4.90 Å². The number of rotatable bonds is 6. The standard InChI is InChI=1S/C22H41NO3/c1-21(2,3)25-19-11-16(12-19)15-23-9-7-17(8-10-23)24-18-13-20(14-18)26-22(4,5)6/h16-20H,7-15H2,1-6H3. The molecule has 1 heterocycles. The van der Waals surface area contributed by atoms with E-state index < -0.39 is 0 Å². The molecule has 3 rings (SSSR count). The van der Waals surface area contributed by atoms with Gasteiger partial charge in [0.05, 0.1) is 35.6 Å². The maximum absolute atomic E-state index is 6.31. The van der Waals surface area contributed by atoms with Gasteiger partial charge in [-0.3, -0.25) is 0 Å². The molecule has 0 bridgehead atoms. The first kappa shape index (κ1) is 20.6. The van der Waals surface area contributed by atoms with Crippen LogP contribution in [-0.2, 0) is 14.2 Å². The number of hydrogen-bond acceptors (Lipinski definition) is 4. The SMILES string of the molecule is CC(C)(C)OC1CC(CN2CCC(OC3CC(OC(C)(C)C)C3)CC2)C1. The topological polar surface area (TPSA) is 30.9 Å². The Labute approximate surface area is 160 Å². The van der Waals surface area contributed by atoms with E-state index >= 15 is 0 Å². The molecular formula is C22H41NO3. The maximum atomic E-state index is 6.31. The van der Waals surface area contributed by atoms with Crippen LogP contribution in [0.3, 0.4) is 0 Å². The van der Waals surface area contributed by atoms with Gasteiger partial charge in [-0.05, 0) is 86.0 Å². The van der Waals surface area contributed by atoms with Gasteiger partial charge >= 0.3 is 0 Å². The molecule has 1 aliphatic heterocycles. The van der Waals surface area contributed by atoms with E-state index in [2.05, 4.69) is 46.4 Å². The summed E-state index contributed by atoms with van der Waals surface area (Å²) >= 11 is 0. The van der Waals surface area contributed by atoms with Crippen molar-refractivity contribution in [2.75, 3.05) is 19.6 Å². The summed E-state index contributed by atoms with van der Waals surface area (Å²) in [7, 11) is 0. The van der Waals surface area contributed by atoms with Gasteiger partial charge in [-0.2, -0.15) is 0 Å². The second-order valence-electron chi connectivity index (χ2n) is 10.8. The summed E-state index contributed by atoms with van der Waals surface area (Å²) in [5, 5.41) is 0. The molecule has 0 radical (unpaired) electrons. The van der Waals surface area contributed by atoms with Gasteiger partial charge in [-0.1, -0.05) is 0 Å². The molecule has 0 aromatic carbocycles. The Morgan fingerprint density at radius 3 is 1.69 bits per heavy atom. The predicted octanol–water partition coefficient (Wildman–Crippen LogP) is 4.41. The summed E-state index contributed by atoms with van der Waals surface area (Å²) in [6, 6.07) is 0. The van der Waals surface area contributed by atoms with Gasteiger partial charge in [0.15, 0.2) is 0 Å². The van der Waals surface area contributed by atoms with E-state index in [9.17, 15) is 0 Å². The number of likely N-dealkylation sites (tertiary alicyclic amines) is 1. The highest BCUT2D eigenvalue weighted by molar-refractivity contribution is 4.87. The lowest BCUT2D eigenvalue weighted by Gasteiger charge is -2.44. The van der Waals surface area contributed by atoms with Crippen molar-refractivity contribution in [2.24, 2.45) is 5.92 Å². The van der Waals surface area contributed by atoms with Crippen molar-refractivity contribution in [1.29, 1.82) is 0 Å². The van der Waals surface area contributed by atoms with Crippen LogP contribution in [0, 0.1) is 5.92 Å². The van der Waals surface area contributed by atoms with Crippen molar-refractivity contribution < 1.29 is 14.2 Å². The summed E-state index contributed by atoms with van der Waals surface area (Å²) in [5.41, 5.74) is -0.0246. The van der Waals surface area contributed by atoms with E-state index in [1.54, 1.807) is 0 Å². The molecule has 4 nitrogen and oxygen atoms in total. The Bertz CT molecular complexity index is 391. The van der Waals surface area contributed by atoms with Crippen molar-refractivity contribution >= 4 is 0 Å². The van der Waals surface area contributed by atoms with Crippen molar-refractivity contribution in [2.45, 2.75) is 116 Å². The third kappa shape index (κ3) is 6.47. The summed E-state index contributed by atoms with van der Waals surface area (Å²) in [6.07, 6.45) is 8.81. The van der Waals surface area contributed by atoms with Crippen LogP contribution >= 0.6 is 0 Å². The minimum Gasteiger partial charge on any atom is -0.375 e. The second kappa shape index (κ2) is 8.06. The third-order valence-electron chi connectivity index (χ3n) is 5.72. The van der Waals surface area contributed by atoms with Crippen LogP contribution in [0.15, 0.2) is 0 Å². The molecule has 4 heteroatoms. The molecule has 0 aromatic heterocycles. The predicted molar refractivity (Wildman–Crippen MR) is 106 cm³/mol. The zero-order valence-corrected chi connectivity index (χ0v) is 17.9. The molecule has 3 aliphatic rings. The molecule has 152 valence electrons. The molecule has 0 amide bonds. The average molecular weight is 368 g/mol. The summed E-state index contributed by atoms with van der Waals surface area (Å²) < 4.78 is 18.4. The molecule has 0 N–H and O–H groups in total. The lowest BCUT2D eigenvalue weighted by atomic mass is 9.81. The smallest absolute Gasteiger partial charge is 0.0631 e. The Morgan fingerprint density at radius 1 is 0.692 bits per heavy atom. The highest BCUT2D eigenvalue weighted by Gasteiger charge is 2.37. The van der Waals surface area contributed by atoms with Gasteiger partial charge in [-0.25, -0.2) is 0 Å². The average Bonchev–Trinajstić information content (AvgIpc) is 2.42. The summed E-state index contributed by atoms with van der Waals surface area (Å²) in [4.78, 5) is 2.64. The zero-order valence-electron chi connectivity index (χ0n) is 17.9. The minimum absolute atomic E-state index is 0.00375. The number of piperidine rings is 1. The van der Waals surface area contributed by atoms with Crippen LogP contribution in [0.5, 0.6) is 0 Å². The van der Waals surface area contributed by atoms with Crippen molar-refractivity contribution in [3.05, 3.63) is 0 Å². The molecule has 3 fully saturated rings. The Morgan fingerprint density at radius 2 is 1.19 bits per heavy atom. The minimum atomic E-state index is -0.0283. The molecule has 2 saturated carbocycles. The Kier molecular flexibility index (Phi) is 6.38. The number of ether oxygens (including phenoxy) is 3. The molecule has 0 atom stereocenters. The normalized spacial score (nSPS) is 34.4. The monoisotopic (exact) mass is 367 g/mol. The quantitative estimate of drug-likeness (QED) is 0.696. The summed E-state index contributed by atoms with van der Waals surface area (Å²) in [6.45, 7) is 16.5. The van der Waals surface area contributed by atoms with E-state index in [1.807, 2.05) is 0 Å². The lowest BCUT2D eigenvalue weighted by molar-refractivity contribution is -0.168. The fraction of sp³-hybridized carbons (Fsp3) is 1.00. The van der Waals surface area contributed by atoms with Crippen LogP contribution in [-0.4, -0.2) is 60.2 Å². The zero-order chi connectivity index (χ0) is 18.9. The van der Waals surface area contributed by atoms with Gasteiger partial charge < -0.3 is 19.1 Å². The van der Waals surface area contributed by atoms with Crippen LogP contribution in [0.4, 0.5) is 0 Å². The fourth-order valence-electron chi connectivity index (χ4n) is 4.51. The first-order valence-electron chi connectivity index (χ1n) is 10.8. The van der Waals surface area contributed by atoms with Crippen molar-refractivity contribution in [3.63, 3.8) is 0 Å². The molecule has 26 heavy (non-hydrogen) atoms. The van der Waals surface area contributed by atoms with Gasteiger partial charge in [-0.15, -0.1) is 0 Å². The first-order valence-corrected chi connectivity index (χ1v) is 10.8. The van der Waals surface area contributed by atoms with E-state index in [0.29, 0.717) is 24.4 Å². The Balaban J connectivity index is 1.25. The Hall–Kier alpha value is -0.160. The van der Waals surface area contributed by atoms with Gasteiger partial charge in [0.2, 0.25) is 0 Å². The first-order chi connectivity index (χ1) is 12.1. The highest BCUT2D eigenvalue weighted by Crippen LogP contribution is 2.35. The maximum Gasteiger partial charge on any atom is 0.0631 e. The molecular weight excluding hydrogens is 326 g/mol. The van der Waals surface area contributed by atoms with Crippen molar-refractivity contribution in [3.8, 4) is 0 Å². The fourth-order valence-corrected chi connectivity index (χ4v) is 4.51. The van der Waals surface area contributed by atoms with E-state index in [-0.39, 0.29) is 11.2 Å². The highest BCUT2D eigenvalue weighted by atomic mass is 16.5. The molecule has 1 saturated heterocycles. The van der Waals surface area contributed by atoms with Gasteiger partial charge in [0, 0.05) is 19.6 Å². The van der Waals surface area contributed by atoms with Gasteiger partial charge in [0.1, 0.15) is 0 Å². The van der Waals surface area contributed by atoms with Crippen LogP contribution in [0.25, 0.3) is 0 Å². The van der Waals surface area contributed by atoms with Crippen LogP contribution in [0.1, 0.15) is 80.1 Å². The second-order valence-corrected chi connectivity index (χ2v) is 10.8. The van der Waals surface area contributed by atoms with E-state index in [0.717, 1.165) is 18.8 Å². The molecule has 0 spiro atoms. The van der Waals surface area contributed by atoms with Gasteiger partial charge in [0.25, 0.3) is 0 Å². The number of hydrogen-bond donors (Lipinski definition) is 0. The molecule has 0 aromatic rings. The third-order valence-corrected chi connectivity index (χ3v) is 5.72. The van der Waals surface area contributed by atoms with Crippen LogP contribution in [0.2, 0.25) is 0 Å². The van der Waals surface area contributed by atoms with E-state index in [1.165, 1.54) is 45.3 Å². The molecule has 2 aliphatic carbocycles. The lowest BCUT2D eigenvalue weighted by Crippen LogP contribution is -2.47. The molecule has 0 unspecified atom stereocenters. The number of nitrogens with zero attached hydrogens (tertiary/aromatic N) is 1. The van der Waals surface area contributed by atoms with Crippen LogP contribution < -0.4 is 0 Å². The van der Waals surface area contributed by atoms with E-state index in [4.69, 9.17) is 14.2 Å². The largest absolute Gasteiger partial charge is 0.375 e.